The molecule has 0 radical (unpaired) electrons. The first-order valence-corrected chi connectivity index (χ1v) is 9.90. The maximum absolute atomic E-state index is 4.90. The average Bonchev–Trinajstić information content (AvgIpc) is 3.16. The Balaban J connectivity index is 1.51. The Hall–Kier alpha value is -2.46. The summed E-state index contributed by atoms with van der Waals surface area (Å²) < 4.78 is 0. The van der Waals surface area contributed by atoms with E-state index in [4.69, 9.17) is 4.98 Å². The van der Waals surface area contributed by atoms with Gasteiger partial charge in [0.15, 0.2) is 0 Å². The molecule has 1 aromatic carbocycles. The van der Waals surface area contributed by atoms with Gasteiger partial charge in [-0.25, -0.2) is 4.98 Å². The molecule has 4 heteroatoms. The molecule has 1 saturated heterocycles. The minimum Gasteiger partial charge on any atom is -0.348 e. The van der Waals surface area contributed by atoms with Crippen molar-refractivity contribution in [1.82, 2.24) is 19.9 Å². The van der Waals surface area contributed by atoms with Crippen LogP contribution in [0.3, 0.4) is 0 Å². The third-order valence-corrected chi connectivity index (χ3v) is 5.54. The number of aromatic amines is 1. The Kier molecular flexibility index (Phi) is 5.35. The zero-order valence-corrected chi connectivity index (χ0v) is 16.3. The van der Waals surface area contributed by atoms with Crippen LogP contribution >= 0.6 is 0 Å². The van der Waals surface area contributed by atoms with E-state index in [-0.39, 0.29) is 0 Å². The van der Waals surface area contributed by atoms with Gasteiger partial charge in [-0.05, 0) is 68.5 Å². The summed E-state index contributed by atoms with van der Waals surface area (Å²) in [5.41, 5.74) is 6.50. The summed E-state index contributed by atoms with van der Waals surface area (Å²) in [5.74, 6) is 1.55. The van der Waals surface area contributed by atoms with Gasteiger partial charge in [-0.3, -0.25) is 9.88 Å². The zero-order valence-electron chi connectivity index (χ0n) is 16.3. The standard InChI is InChI=1S/C23H28N4/c1-17-6-3-4-7-20(17)13-19-12-18(2)26-22(14-19)21-8-5-11-27(15-21)16-23-24-9-10-25-23/h3-4,6-7,9-10,12,14,21H,5,8,11,13,15-16H2,1-2H3,(H,24,25)/t21-/m0/s1. The first kappa shape index (κ1) is 17.9. The van der Waals surface area contributed by atoms with Gasteiger partial charge in [0.2, 0.25) is 0 Å². The number of pyridine rings is 1. The van der Waals surface area contributed by atoms with E-state index in [0.717, 1.165) is 37.6 Å². The molecule has 0 amide bonds. The van der Waals surface area contributed by atoms with Crippen LogP contribution in [0.1, 0.15) is 52.7 Å². The van der Waals surface area contributed by atoms with Crippen LogP contribution in [-0.4, -0.2) is 32.9 Å². The van der Waals surface area contributed by atoms with Crippen LogP contribution in [0, 0.1) is 13.8 Å². The van der Waals surface area contributed by atoms with Gasteiger partial charge in [0.05, 0.1) is 6.54 Å². The highest BCUT2D eigenvalue weighted by Crippen LogP contribution is 2.28. The number of piperidine rings is 1. The highest BCUT2D eigenvalue weighted by atomic mass is 15.2. The van der Waals surface area contributed by atoms with Crippen molar-refractivity contribution in [2.75, 3.05) is 13.1 Å². The van der Waals surface area contributed by atoms with E-state index >= 15 is 0 Å². The highest BCUT2D eigenvalue weighted by molar-refractivity contribution is 5.34. The molecule has 3 heterocycles. The summed E-state index contributed by atoms with van der Waals surface area (Å²) in [6.45, 7) is 7.40. The smallest absolute Gasteiger partial charge is 0.120 e. The number of H-pyrrole nitrogens is 1. The number of rotatable bonds is 5. The van der Waals surface area contributed by atoms with Gasteiger partial charge < -0.3 is 4.98 Å². The fraction of sp³-hybridized carbons (Fsp3) is 0.391. The Morgan fingerprint density at radius 3 is 2.89 bits per heavy atom. The lowest BCUT2D eigenvalue weighted by Gasteiger charge is -2.32. The predicted octanol–water partition coefficient (Wildman–Crippen LogP) is 4.39. The van der Waals surface area contributed by atoms with Crippen LogP contribution in [-0.2, 0) is 13.0 Å². The molecule has 1 atom stereocenters. The molecule has 1 aliphatic rings. The largest absolute Gasteiger partial charge is 0.348 e. The van der Waals surface area contributed by atoms with Gasteiger partial charge in [-0.2, -0.15) is 0 Å². The lowest BCUT2D eigenvalue weighted by Crippen LogP contribution is -2.34. The number of aryl methyl sites for hydroxylation is 2. The van der Waals surface area contributed by atoms with Crippen molar-refractivity contribution in [3.8, 4) is 0 Å². The number of aromatic nitrogens is 3. The molecular formula is C23H28N4. The molecule has 0 bridgehead atoms. The van der Waals surface area contributed by atoms with Crippen molar-refractivity contribution in [2.24, 2.45) is 0 Å². The molecule has 0 unspecified atom stereocenters. The number of hydrogen-bond acceptors (Lipinski definition) is 3. The molecular weight excluding hydrogens is 332 g/mol. The number of likely N-dealkylation sites (tertiary alicyclic amines) is 1. The minimum atomic E-state index is 0.504. The molecule has 0 aliphatic carbocycles. The molecule has 27 heavy (non-hydrogen) atoms. The Morgan fingerprint density at radius 1 is 1.19 bits per heavy atom. The Morgan fingerprint density at radius 2 is 2.07 bits per heavy atom. The maximum atomic E-state index is 4.90. The summed E-state index contributed by atoms with van der Waals surface area (Å²) in [4.78, 5) is 15.0. The fourth-order valence-electron chi connectivity index (χ4n) is 4.14. The molecule has 1 aliphatic heterocycles. The van der Waals surface area contributed by atoms with Crippen LogP contribution in [0.15, 0.2) is 48.8 Å². The first-order valence-electron chi connectivity index (χ1n) is 9.90. The lowest BCUT2D eigenvalue weighted by molar-refractivity contribution is 0.194. The summed E-state index contributed by atoms with van der Waals surface area (Å²) in [7, 11) is 0. The van der Waals surface area contributed by atoms with Crippen LogP contribution < -0.4 is 0 Å². The number of benzene rings is 1. The maximum Gasteiger partial charge on any atom is 0.120 e. The SMILES string of the molecule is Cc1cc(Cc2ccccc2C)cc([C@H]2CCCN(Cc3ncc[nH]3)C2)n1. The Labute approximate surface area is 161 Å². The van der Waals surface area contributed by atoms with E-state index in [1.54, 1.807) is 0 Å². The number of imidazole rings is 1. The summed E-state index contributed by atoms with van der Waals surface area (Å²) in [6, 6.07) is 13.2. The van der Waals surface area contributed by atoms with Gasteiger partial charge in [0.1, 0.15) is 5.82 Å². The quantitative estimate of drug-likeness (QED) is 0.734. The molecule has 1 fully saturated rings. The van der Waals surface area contributed by atoms with E-state index in [0.29, 0.717) is 5.92 Å². The van der Waals surface area contributed by atoms with Crippen molar-refractivity contribution in [2.45, 2.75) is 45.6 Å². The Bertz CT molecular complexity index is 885. The van der Waals surface area contributed by atoms with Crippen LogP contribution in [0.25, 0.3) is 0 Å². The second kappa shape index (κ2) is 8.05. The predicted molar refractivity (Wildman–Crippen MR) is 109 cm³/mol. The van der Waals surface area contributed by atoms with Gasteiger partial charge in [0, 0.05) is 36.2 Å². The van der Waals surface area contributed by atoms with Gasteiger partial charge in [-0.1, -0.05) is 24.3 Å². The van der Waals surface area contributed by atoms with Crippen molar-refractivity contribution in [1.29, 1.82) is 0 Å². The molecule has 4 nitrogen and oxygen atoms in total. The summed E-state index contributed by atoms with van der Waals surface area (Å²) in [5, 5.41) is 0. The van der Waals surface area contributed by atoms with E-state index in [9.17, 15) is 0 Å². The monoisotopic (exact) mass is 360 g/mol. The van der Waals surface area contributed by atoms with Gasteiger partial charge in [-0.15, -0.1) is 0 Å². The number of hydrogen-bond donors (Lipinski definition) is 1. The van der Waals surface area contributed by atoms with Crippen molar-refractivity contribution >= 4 is 0 Å². The average molecular weight is 361 g/mol. The highest BCUT2D eigenvalue weighted by Gasteiger charge is 2.23. The lowest BCUT2D eigenvalue weighted by atomic mass is 9.92. The van der Waals surface area contributed by atoms with Crippen LogP contribution in [0.2, 0.25) is 0 Å². The molecule has 4 rings (SSSR count). The van der Waals surface area contributed by atoms with Crippen molar-refractivity contribution in [3.63, 3.8) is 0 Å². The van der Waals surface area contributed by atoms with E-state index < -0.39 is 0 Å². The normalized spacial score (nSPS) is 17.9. The van der Waals surface area contributed by atoms with Gasteiger partial charge in [0.25, 0.3) is 0 Å². The molecule has 2 aromatic heterocycles. The fourth-order valence-corrected chi connectivity index (χ4v) is 4.14. The first-order chi connectivity index (χ1) is 13.2. The van der Waals surface area contributed by atoms with E-state index in [1.165, 1.54) is 35.2 Å². The third kappa shape index (κ3) is 4.45. The number of nitrogens with one attached hydrogen (secondary N) is 1. The molecule has 140 valence electrons. The van der Waals surface area contributed by atoms with Crippen LogP contribution in [0.4, 0.5) is 0 Å². The topological polar surface area (TPSA) is 44.8 Å². The summed E-state index contributed by atoms with van der Waals surface area (Å²) >= 11 is 0. The zero-order chi connectivity index (χ0) is 18.6. The second-order valence-electron chi connectivity index (χ2n) is 7.76. The second-order valence-corrected chi connectivity index (χ2v) is 7.76. The van der Waals surface area contributed by atoms with E-state index in [2.05, 4.69) is 65.1 Å². The number of nitrogens with zero attached hydrogens (tertiary/aromatic N) is 3. The van der Waals surface area contributed by atoms with Crippen molar-refractivity contribution < 1.29 is 0 Å². The van der Waals surface area contributed by atoms with E-state index in [1.807, 2.05) is 12.4 Å². The molecule has 1 N–H and O–H groups in total. The molecule has 0 saturated carbocycles. The molecule has 0 spiro atoms. The van der Waals surface area contributed by atoms with Gasteiger partial charge >= 0.3 is 0 Å². The summed E-state index contributed by atoms with van der Waals surface area (Å²) in [6.07, 6.45) is 7.14. The molecule has 3 aromatic rings. The third-order valence-electron chi connectivity index (χ3n) is 5.54. The van der Waals surface area contributed by atoms with Crippen molar-refractivity contribution in [3.05, 3.63) is 82.7 Å². The minimum absolute atomic E-state index is 0.504. The van der Waals surface area contributed by atoms with Crippen LogP contribution in [0.5, 0.6) is 0 Å².